The van der Waals surface area contributed by atoms with Gasteiger partial charge in [-0.2, -0.15) is 5.10 Å². The predicted molar refractivity (Wildman–Crippen MR) is 92.8 cm³/mol. The van der Waals surface area contributed by atoms with Crippen molar-refractivity contribution in [3.05, 3.63) is 29.3 Å². The molecule has 0 bridgehead atoms. The molecule has 0 radical (unpaired) electrons. The fraction of sp³-hybridized carbons (Fsp3) is 0.438. The molecular weight excluding hydrogens is 328 g/mol. The number of rotatable bonds is 7. The lowest BCUT2D eigenvalue weighted by molar-refractivity contribution is -0.139. The van der Waals surface area contributed by atoms with Gasteiger partial charge in [-0.15, -0.1) is 11.3 Å². The van der Waals surface area contributed by atoms with Gasteiger partial charge in [0.1, 0.15) is 11.7 Å². The largest absolute Gasteiger partial charge is 0.480 e. The summed E-state index contributed by atoms with van der Waals surface area (Å²) in [5.74, 6) is -0.843. The number of H-pyrrole nitrogens is 1. The molecule has 2 aromatic rings. The highest BCUT2D eigenvalue weighted by molar-refractivity contribution is 7.13. The number of carboxylic acid groups (broad SMARTS) is 1. The van der Waals surface area contributed by atoms with Crippen molar-refractivity contribution in [2.75, 3.05) is 7.05 Å². The van der Waals surface area contributed by atoms with Gasteiger partial charge in [0.25, 0.3) is 0 Å². The molecule has 2 rings (SSSR count). The van der Waals surface area contributed by atoms with Crippen LogP contribution in [0.3, 0.4) is 0 Å². The van der Waals surface area contributed by atoms with E-state index in [0.29, 0.717) is 13.0 Å². The van der Waals surface area contributed by atoms with Crippen molar-refractivity contribution in [2.45, 2.75) is 32.9 Å². The van der Waals surface area contributed by atoms with Gasteiger partial charge in [-0.25, -0.2) is 9.59 Å². The Morgan fingerprint density at radius 2 is 2.21 bits per heavy atom. The standard InChI is InChI=1S/C16H22N4O3S/c1-10(2)7-13(15(21)22)17-16(23)20(3)9-11-8-12(19-18-11)14-5-4-6-24-14/h4-6,8,10,13H,7,9H2,1-3H3,(H,17,23)(H,18,19)(H,21,22)/t13-/m0/s1. The first-order valence-electron chi connectivity index (χ1n) is 7.69. The number of aliphatic carboxylic acids is 1. The van der Waals surface area contributed by atoms with Crippen LogP contribution in [0.5, 0.6) is 0 Å². The van der Waals surface area contributed by atoms with Crippen molar-refractivity contribution in [3.8, 4) is 10.6 Å². The predicted octanol–water partition coefficient (Wildman–Crippen LogP) is 2.78. The smallest absolute Gasteiger partial charge is 0.326 e. The molecule has 0 aliphatic rings. The molecule has 0 aromatic carbocycles. The molecule has 24 heavy (non-hydrogen) atoms. The molecule has 0 aliphatic heterocycles. The fourth-order valence-corrected chi connectivity index (χ4v) is 2.96. The zero-order valence-electron chi connectivity index (χ0n) is 13.9. The van der Waals surface area contributed by atoms with Gasteiger partial charge in [-0.3, -0.25) is 5.10 Å². The Labute approximate surface area is 144 Å². The first kappa shape index (κ1) is 18.0. The molecule has 0 saturated heterocycles. The minimum Gasteiger partial charge on any atom is -0.480 e. The lowest BCUT2D eigenvalue weighted by Crippen LogP contribution is -2.47. The van der Waals surface area contributed by atoms with Crippen LogP contribution in [0.15, 0.2) is 23.6 Å². The summed E-state index contributed by atoms with van der Waals surface area (Å²) in [4.78, 5) is 25.9. The number of urea groups is 1. The van der Waals surface area contributed by atoms with Crippen LogP contribution in [-0.2, 0) is 11.3 Å². The Kier molecular flexibility index (Phi) is 5.97. The molecule has 7 nitrogen and oxygen atoms in total. The quantitative estimate of drug-likeness (QED) is 0.715. The first-order chi connectivity index (χ1) is 11.4. The number of carbonyl (C=O) groups excluding carboxylic acids is 1. The molecule has 0 saturated carbocycles. The van der Waals surface area contributed by atoms with Crippen LogP contribution in [0.2, 0.25) is 0 Å². The van der Waals surface area contributed by atoms with Gasteiger partial charge in [0, 0.05) is 7.05 Å². The van der Waals surface area contributed by atoms with Crippen LogP contribution in [0.4, 0.5) is 4.79 Å². The van der Waals surface area contributed by atoms with E-state index in [1.807, 2.05) is 37.4 Å². The maximum Gasteiger partial charge on any atom is 0.326 e. The summed E-state index contributed by atoms with van der Waals surface area (Å²) in [7, 11) is 1.62. The van der Waals surface area contributed by atoms with Crippen LogP contribution < -0.4 is 5.32 Å². The van der Waals surface area contributed by atoms with Gasteiger partial charge < -0.3 is 15.3 Å². The lowest BCUT2D eigenvalue weighted by Gasteiger charge is -2.21. The molecular formula is C16H22N4O3S. The van der Waals surface area contributed by atoms with Crippen LogP contribution in [0, 0.1) is 5.92 Å². The number of carboxylic acids is 1. The number of aromatic nitrogens is 2. The molecule has 0 unspecified atom stereocenters. The fourth-order valence-electron chi connectivity index (χ4n) is 2.27. The third-order valence-electron chi connectivity index (χ3n) is 3.46. The SMILES string of the molecule is CC(C)C[C@H](NC(=O)N(C)Cc1cc(-c2cccs2)n[nH]1)C(=O)O. The molecule has 2 heterocycles. The maximum atomic E-state index is 12.2. The number of nitrogens with zero attached hydrogens (tertiary/aromatic N) is 2. The normalized spacial score (nSPS) is 12.2. The minimum atomic E-state index is -1.02. The number of carbonyl (C=O) groups is 2. The van der Waals surface area contributed by atoms with Crippen molar-refractivity contribution in [2.24, 2.45) is 5.92 Å². The summed E-state index contributed by atoms with van der Waals surface area (Å²) in [6, 6.07) is 4.51. The third kappa shape index (κ3) is 4.82. The summed E-state index contributed by atoms with van der Waals surface area (Å²) < 4.78 is 0. The van der Waals surface area contributed by atoms with Crippen molar-refractivity contribution in [1.82, 2.24) is 20.4 Å². The summed E-state index contributed by atoms with van der Waals surface area (Å²) in [5, 5.41) is 20.9. The molecule has 0 fully saturated rings. The highest BCUT2D eigenvalue weighted by Crippen LogP contribution is 2.23. The number of thiophene rings is 1. The van der Waals surface area contributed by atoms with Crippen LogP contribution >= 0.6 is 11.3 Å². The average molecular weight is 350 g/mol. The Bertz CT molecular complexity index is 681. The Balaban J connectivity index is 1.95. The Morgan fingerprint density at radius 1 is 1.46 bits per heavy atom. The van der Waals surface area contributed by atoms with E-state index in [9.17, 15) is 14.7 Å². The number of aromatic amines is 1. The first-order valence-corrected chi connectivity index (χ1v) is 8.57. The van der Waals surface area contributed by atoms with E-state index in [2.05, 4.69) is 15.5 Å². The molecule has 8 heteroatoms. The lowest BCUT2D eigenvalue weighted by atomic mass is 10.0. The summed E-state index contributed by atoms with van der Waals surface area (Å²) >= 11 is 1.59. The van der Waals surface area contributed by atoms with Gasteiger partial charge in [-0.1, -0.05) is 19.9 Å². The van der Waals surface area contributed by atoms with Gasteiger partial charge >= 0.3 is 12.0 Å². The van der Waals surface area contributed by atoms with E-state index >= 15 is 0 Å². The topological polar surface area (TPSA) is 98.3 Å². The number of amides is 2. The molecule has 1 atom stereocenters. The zero-order valence-corrected chi connectivity index (χ0v) is 14.8. The van der Waals surface area contributed by atoms with Crippen LogP contribution in [0.1, 0.15) is 26.0 Å². The second kappa shape index (κ2) is 7.96. The third-order valence-corrected chi connectivity index (χ3v) is 4.35. The van der Waals surface area contributed by atoms with E-state index in [1.165, 1.54) is 4.90 Å². The highest BCUT2D eigenvalue weighted by Gasteiger charge is 2.23. The average Bonchev–Trinajstić information content (AvgIpc) is 3.16. The highest BCUT2D eigenvalue weighted by atomic mass is 32.1. The van der Waals surface area contributed by atoms with E-state index in [-0.39, 0.29) is 5.92 Å². The molecule has 3 N–H and O–H groups in total. The zero-order chi connectivity index (χ0) is 17.7. The second-order valence-electron chi connectivity index (χ2n) is 6.08. The van der Waals surface area contributed by atoms with Crippen molar-refractivity contribution in [1.29, 1.82) is 0 Å². The summed E-state index contributed by atoms with van der Waals surface area (Å²) in [6.45, 7) is 4.16. The molecule has 2 aromatic heterocycles. The van der Waals surface area contributed by atoms with Crippen molar-refractivity contribution < 1.29 is 14.7 Å². The van der Waals surface area contributed by atoms with E-state index < -0.39 is 18.0 Å². The number of hydrogen-bond donors (Lipinski definition) is 3. The maximum absolute atomic E-state index is 12.2. The molecule has 0 aliphatic carbocycles. The summed E-state index contributed by atoms with van der Waals surface area (Å²) in [6.07, 6.45) is 0.390. The van der Waals surface area contributed by atoms with Gasteiger partial charge in [-0.05, 0) is 29.9 Å². The van der Waals surface area contributed by atoms with Crippen LogP contribution in [-0.4, -0.2) is 45.3 Å². The second-order valence-corrected chi connectivity index (χ2v) is 7.03. The van der Waals surface area contributed by atoms with Crippen molar-refractivity contribution in [3.63, 3.8) is 0 Å². The van der Waals surface area contributed by atoms with Crippen molar-refractivity contribution >= 4 is 23.3 Å². The molecule has 0 spiro atoms. The van der Waals surface area contributed by atoms with E-state index in [4.69, 9.17) is 0 Å². The Morgan fingerprint density at radius 3 is 2.79 bits per heavy atom. The molecule has 2 amide bonds. The molecule has 130 valence electrons. The van der Waals surface area contributed by atoms with Gasteiger partial charge in [0.2, 0.25) is 0 Å². The van der Waals surface area contributed by atoms with Crippen LogP contribution in [0.25, 0.3) is 10.6 Å². The number of hydrogen-bond acceptors (Lipinski definition) is 4. The Hall–Kier alpha value is -2.35. The summed E-state index contributed by atoms with van der Waals surface area (Å²) in [5.41, 5.74) is 1.61. The number of nitrogens with one attached hydrogen (secondary N) is 2. The van der Waals surface area contributed by atoms with Gasteiger partial charge in [0.15, 0.2) is 0 Å². The van der Waals surface area contributed by atoms with E-state index in [1.54, 1.807) is 18.4 Å². The minimum absolute atomic E-state index is 0.178. The monoisotopic (exact) mass is 350 g/mol. The van der Waals surface area contributed by atoms with Gasteiger partial charge in [0.05, 0.1) is 17.1 Å². The van der Waals surface area contributed by atoms with E-state index in [0.717, 1.165) is 16.3 Å².